The maximum absolute atomic E-state index is 13.3. The number of carbonyl (C=O) groups excluding carboxylic acids is 1. The maximum Gasteiger partial charge on any atom is 0.320 e. The summed E-state index contributed by atoms with van der Waals surface area (Å²) < 4.78 is 15.8. The van der Waals surface area contributed by atoms with Crippen molar-refractivity contribution in [1.29, 1.82) is 0 Å². The molecule has 3 aromatic carbocycles. The highest BCUT2D eigenvalue weighted by Gasteiger charge is 2.23. The molecule has 4 aromatic rings. The zero-order valence-corrected chi connectivity index (χ0v) is 17.2. The minimum absolute atomic E-state index is 0.385. The molecule has 0 saturated carbocycles. The molecule has 1 atom stereocenters. The number of nitrogens with one attached hydrogen (secondary N) is 2. The summed E-state index contributed by atoms with van der Waals surface area (Å²) in [6.07, 6.45) is 0. The Hall–Kier alpha value is -3.19. The molecule has 29 heavy (non-hydrogen) atoms. The molecule has 146 valence electrons. The Kier molecular flexibility index (Phi) is 5.31. The molecule has 0 spiro atoms. The lowest BCUT2D eigenvalue weighted by Gasteiger charge is -2.20. The molecule has 0 fully saturated rings. The fourth-order valence-corrected chi connectivity index (χ4v) is 3.70. The SMILES string of the molecule is Cn1c(C(NC(=O)Nc2ccc(F)cc2Br)c2ccccc2)nc2ccccc21. The van der Waals surface area contributed by atoms with E-state index in [2.05, 4.69) is 26.6 Å². The third-order valence-electron chi connectivity index (χ3n) is 4.67. The molecule has 0 aliphatic carbocycles. The molecule has 0 aliphatic rings. The largest absolute Gasteiger partial charge is 0.329 e. The van der Waals surface area contributed by atoms with Crippen molar-refractivity contribution in [1.82, 2.24) is 14.9 Å². The third kappa shape index (κ3) is 4.00. The zero-order valence-electron chi connectivity index (χ0n) is 15.6. The summed E-state index contributed by atoms with van der Waals surface area (Å²) in [7, 11) is 1.93. The van der Waals surface area contributed by atoms with Gasteiger partial charge >= 0.3 is 6.03 Å². The normalized spacial score (nSPS) is 12.0. The van der Waals surface area contributed by atoms with E-state index in [9.17, 15) is 9.18 Å². The molecule has 2 N–H and O–H groups in total. The van der Waals surface area contributed by atoms with Crippen LogP contribution in [0.4, 0.5) is 14.9 Å². The Morgan fingerprint density at radius 1 is 1.07 bits per heavy atom. The van der Waals surface area contributed by atoms with Crippen molar-refractivity contribution in [2.24, 2.45) is 7.05 Å². The second kappa shape index (κ2) is 8.05. The molecule has 0 saturated heterocycles. The molecule has 1 heterocycles. The van der Waals surface area contributed by atoms with Crippen LogP contribution in [0, 0.1) is 5.82 Å². The Morgan fingerprint density at radius 2 is 1.79 bits per heavy atom. The standard InChI is InChI=1S/C22H18BrFN4O/c1-28-19-10-6-5-9-18(19)25-21(28)20(14-7-3-2-4-8-14)27-22(29)26-17-12-11-15(24)13-16(17)23/h2-13,20H,1H3,(H2,26,27,29). The lowest BCUT2D eigenvalue weighted by Crippen LogP contribution is -2.34. The minimum atomic E-state index is -0.465. The van der Waals surface area contributed by atoms with Gasteiger partial charge in [-0.05, 0) is 51.8 Å². The first kappa shape index (κ1) is 19.1. The number of urea groups is 1. The number of benzene rings is 3. The molecular weight excluding hydrogens is 435 g/mol. The van der Waals surface area contributed by atoms with Gasteiger partial charge in [-0.2, -0.15) is 0 Å². The highest BCUT2D eigenvalue weighted by atomic mass is 79.9. The van der Waals surface area contributed by atoms with E-state index in [-0.39, 0.29) is 5.82 Å². The lowest BCUT2D eigenvalue weighted by atomic mass is 10.1. The third-order valence-corrected chi connectivity index (χ3v) is 5.32. The van der Waals surface area contributed by atoms with Gasteiger partial charge in [0.15, 0.2) is 0 Å². The van der Waals surface area contributed by atoms with Crippen LogP contribution in [0.2, 0.25) is 0 Å². The molecule has 1 unspecified atom stereocenters. The number of aryl methyl sites for hydroxylation is 1. The number of amides is 2. The van der Waals surface area contributed by atoms with Gasteiger partial charge in [-0.25, -0.2) is 14.2 Å². The van der Waals surface area contributed by atoms with Gasteiger partial charge in [0.25, 0.3) is 0 Å². The number of halogens is 2. The Labute approximate surface area is 175 Å². The van der Waals surface area contributed by atoms with Crippen molar-refractivity contribution < 1.29 is 9.18 Å². The van der Waals surface area contributed by atoms with Gasteiger partial charge in [0, 0.05) is 11.5 Å². The van der Waals surface area contributed by atoms with Gasteiger partial charge in [-0.3, -0.25) is 0 Å². The second-order valence-corrected chi connectivity index (χ2v) is 7.44. The van der Waals surface area contributed by atoms with Crippen LogP contribution in [0.1, 0.15) is 17.4 Å². The van der Waals surface area contributed by atoms with Crippen molar-refractivity contribution in [2.45, 2.75) is 6.04 Å². The van der Waals surface area contributed by atoms with E-state index in [0.717, 1.165) is 16.6 Å². The van der Waals surface area contributed by atoms with E-state index in [1.807, 2.05) is 66.2 Å². The highest BCUT2D eigenvalue weighted by Crippen LogP contribution is 2.26. The smallest absolute Gasteiger partial charge is 0.320 e. The minimum Gasteiger partial charge on any atom is -0.329 e. The first-order valence-corrected chi connectivity index (χ1v) is 9.81. The summed E-state index contributed by atoms with van der Waals surface area (Å²) in [6, 6.07) is 20.7. The van der Waals surface area contributed by atoms with Crippen molar-refractivity contribution in [3.05, 3.63) is 94.5 Å². The van der Waals surface area contributed by atoms with E-state index >= 15 is 0 Å². The number of nitrogens with zero attached hydrogens (tertiary/aromatic N) is 2. The van der Waals surface area contributed by atoms with Gasteiger partial charge in [0.2, 0.25) is 0 Å². The molecule has 0 aliphatic heterocycles. The van der Waals surface area contributed by atoms with Gasteiger partial charge in [-0.1, -0.05) is 42.5 Å². The van der Waals surface area contributed by atoms with Crippen LogP contribution in [0.3, 0.4) is 0 Å². The molecule has 7 heteroatoms. The molecule has 4 rings (SSSR count). The van der Waals surface area contributed by atoms with Crippen molar-refractivity contribution >= 4 is 38.7 Å². The van der Waals surface area contributed by atoms with Gasteiger partial charge < -0.3 is 15.2 Å². The Bertz CT molecular complexity index is 1180. The van der Waals surface area contributed by atoms with Crippen LogP contribution in [0.5, 0.6) is 0 Å². The summed E-state index contributed by atoms with van der Waals surface area (Å²) in [6.45, 7) is 0. The van der Waals surface area contributed by atoms with Crippen molar-refractivity contribution in [2.75, 3.05) is 5.32 Å². The zero-order chi connectivity index (χ0) is 20.4. The quantitative estimate of drug-likeness (QED) is 0.436. The van der Waals surface area contributed by atoms with Gasteiger partial charge in [0.05, 0.1) is 16.7 Å². The first-order chi connectivity index (χ1) is 14.0. The predicted molar refractivity (Wildman–Crippen MR) is 115 cm³/mol. The van der Waals surface area contributed by atoms with Crippen molar-refractivity contribution in [3.8, 4) is 0 Å². The van der Waals surface area contributed by atoms with Crippen LogP contribution in [0.15, 0.2) is 77.3 Å². The molecular formula is C22H18BrFN4O. The molecule has 0 bridgehead atoms. The molecule has 2 amide bonds. The Morgan fingerprint density at radius 3 is 2.52 bits per heavy atom. The van der Waals surface area contributed by atoms with Crippen LogP contribution < -0.4 is 10.6 Å². The number of hydrogen-bond acceptors (Lipinski definition) is 2. The number of carbonyl (C=O) groups is 1. The predicted octanol–water partition coefficient (Wildman–Crippen LogP) is 5.39. The van der Waals surface area contributed by atoms with Gasteiger partial charge in [0.1, 0.15) is 17.7 Å². The van der Waals surface area contributed by atoms with E-state index in [1.54, 1.807) is 0 Å². The topological polar surface area (TPSA) is 59.0 Å². The molecule has 1 aromatic heterocycles. The van der Waals surface area contributed by atoms with Gasteiger partial charge in [-0.15, -0.1) is 0 Å². The summed E-state index contributed by atoms with van der Waals surface area (Å²) in [5.41, 5.74) is 3.21. The fraction of sp³-hybridized carbons (Fsp3) is 0.0909. The molecule has 0 radical (unpaired) electrons. The van der Waals surface area contributed by atoms with Crippen LogP contribution in [0.25, 0.3) is 11.0 Å². The van der Waals surface area contributed by atoms with E-state index < -0.39 is 12.1 Å². The number of aromatic nitrogens is 2. The number of imidazole rings is 1. The summed E-state index contributed by atoms with van der Waals surface area (Å²) in [5, 5.41) is 5.75. The second-order valence-electron chi connectivity index (χ2n) is 6.58. The van der Waals surface area contributed by atoms with E-state index in [0.29, 0.717) is 16.0 Å². The average molecular weight is 453 g/mol. The maximum atomic E-state index is 13.3. The number of para-hydroxylation sites is 2. The van der Waals surface area contributed by atoms with E-state index in [4.69, 9.17) is 4.98 Å². The summed E-state index contributed by atoms with van der Waals surface area (Å²) >= 11 is 3.27. The van der Waals surface area contributed by atoms with E-state index in [1.165, 1.54) is 18.2 Å². The fourth-order valence-electron chi connectivity index (χ4n) is 3.25. The number of anilines is 1. The summed E-state index contributed by atoms with van der Waals surface area (Å²) in [5.74, 6) is 0.329. The van der Waals surface area contributed by atoms with Crippen LogP contribution in [-0.2, 0) is 7.05 Å². The average Bonchev–Trinajstić information content (AvgIpc) is 3.06. The number of hydrogen-bond donors (Lipinski definition) is 2. The summed E-state index contributed by atoms with van der Waals surface area (Å²) in [4.78, 5) is 17.5. The first-order valence-electron chi connectivity index (χ1n) is 9.02. The van der Waals surface area contributed by atoms with Crippen molar-refractivity contribution in [3.63, 3.8) is 0 Å². The Balaban J connectivity index is 1.68. The number of fused-ring (bicyclic) bond motifs is 1. The van der Waals surface area contributed by atoms with Crippen LogP contribution >= 0.6 is 15.9 Å². The van der Waals surface area contributed by atoms with Crippen LogP contribution in [-0.4, -0.2) is 15.6 Å². The monoisotopic (exact) mass is 452 g/mol. The lowest BCUT2D eigenvalue weighted by molar-refractivity contribution is 0.249. The number of rotatable bonds is 4. The highest BCUT2D eigenvalue weighted by molar-refractivity contribution is 9.10. The molecule has 5 nitrogen and oxygen atoms in total.